The highest BCUT2D eigenvalue weighted by Gasteiger charge is 2.16. The molecule has 0 saturated heterocycles. The Balaban J connectivity index is 2.49. The molecule has 4 heteroatoms. The first kappa shape index (κ1) is 13.6. The molecule has 0 aliphatic rings. The maximum Gasteiger partial charge on any atom is 0.196 e. The minimum absolute atomic E-state index is 0.0856. The number of benzene rings is 2. The van der Waals surface area contributed by atoms with E-state index in [-0.39, 0.29) is 5.78 Å². The largest absolute Gasteiger partial charge is 0.496 e. The van der Waals surface area contributed by atoms with Gasteiger partial charge in [-0.05, 0) is 48.9 Å². The molecule has 98 valence electrons. The molecule has 0 aliphatic heterocycles. The fourth-order valence-electron chi connectivity index (χ4n) is 1.79. The molecule has 3 nitrogen and oxygen atoms in total. The van der Waals surface area contributed by atoms with E-state index >= 15 is 0 Å². The lowest BCUT2D eigenvalue weighted by molar-refractivity contribution is 0.103. The maximum atomic E-state index is 12.5. The highest BCUT2D eigenvalue weighted by molar-refractivity contribution is 9.10. The van der Waals surface area contributed by atoms with Crippen molar-refractivity contribution in [2.75, 3.05) is 12.8 Å². The van der Waals surface area contributed by atoms with Crippen LogP contribution in [0, 0.1) is 6.92 Å². The number of methoxy groups -OCH3 is 1. The number of nitrogen functional groups attached to an aromatic ring is 1. The van der Waals surface area contributed by atoms with Gasteiger partial charge in [0.25, 0.3) is 0 Å². The van der Waals surface area contributed by atoms with Crippen LogP contribution >= 0.6 is 15.9 Å². The Hall–Kier alpha value is -1.81. The molecule has 2 aromatic carbocycles. The number of carbonyl (C=O) groups is 1. The van der Waals surface area contributed by atoms with Crippen LogP contribution in [-0.2, 0) is 0 Å². The van der Waals surface area contributed by atoms with Crippen molar-refractivity contribution in [2.24, 2.45) is 0 Å². The molecule has 0 amide bonds. The van der Waals surface area contributed by atoms with Crippen LogP contribution in [0.4, 0.5) is 5.69 Å². The van der Waals surface area contributed by atoms with E-state index in [2.05, 4.69) is 15.9 Å². The van der Waals surface area contributed by atoms with Gasteiger partial charge in [-0.15, -0.1) is 0 Å². The lowest BCUT2D eigenvalue weighted by Gasteiger charge is -2.10. The third-order valence-corrected chi connectivity index (χ3v) is 3.75. The maximum absolute atomic E-state index is 12.5. The molecule has 0 aliphatic carbocycles. The normalized spacial score (nSPS) is 10.3. The van der Waals surface area contributed by atoms with E-state index in [1.165, 1.54) is 0 Å². The van der Waals surface area contributed by atoms with E-state index in [0.717, 1.165) is 10.0 Å². The van der Waals surface area contributed by atoms with Gasteiger partial charge in [-0.3, -0.25) is 4.79 Å². The summed E-state index contributed by atoms with van der Waals surface area (Å²) in [5.74, 6) is 0.486. The fourth-order valence-corrected chi connectivity index (χ4v) is 2.13. The summed E-state index contributed by atoms with van der Waals surface area (Å²) in [7, 11) is 1.56. The monoisotopic (exact) mass is 319 g/mol. The van der Waals surface area contributed by atoms with Gasteiger partial charge in [-0.2, -0.15) is 0 Å². The molecule has 0 fully saturated rings. The molecule has 0 heterocycles. The summed E-state index contributed by atoms with van der Waals surface area (Å²) in [6.07, 6.45) is 0. The summed E-state index contributed by atoms with van der Waals surface area (Å²) in [4.78, 5) is 12.5. The summed E-state index contributed by atoms with van der Waals surface area (Å²) >= 11 is 3.43. The minimum atomic E-state index is -0.0856. The minimum Gasteiger partial charge on any atom is -0.496 e. The van der Waals surface area contributed by atoms with Crippen LogP contribution in [0.2, 0.25) is 0 Å². The number of hydrogen-bond donors (Lipinski definition) is 1. The molecular formula is C15H14BrNO2. The van der Waals surface area contributed by atoms with Crippen molar-refractivity contribution < 1.29 is 9.53 Å². The van der Waals surface area contributed by atoms with Crippen LogP contribution in [-0.4, -0.2) is 12.9 Å². The van der Waals surface area contributed by atoms with Gasteiger partial charge >= 0.3 is 0 Å². The second-order valence-corrected chi connectivity index (χ2v) is 5.11. The summed E-state index contributed by atoms with van der Waals surface area (Å²) in [6, 6.07) is 10.5. The number of carbonyl (C=O) groups excluding carboxylic acids is 1. The molecule has 2 aromatic rings. The molecule has 0 bridgehead atoms. The Morgan fingerprint density at radius 3 is 2.42 bits per heavy atom. The molecule has 2 N–H and O–H groups in total. The average Bonchev–Trinajstić information content (AvgIpc) is 2.41. The summed E-state index contributed by atoms with van der Waals surface area (Å²) < 4.78 is 6.16. The number of halogens is 1. The van der Waals surface area contributed by atoms with Crippen molar-refractivity contribution in [1.82, 2.24) is 0 Å². The van der Waals surface area contributed by atoms with Gasteiger partial charge in [0.15, 0.2) is 5.78 Å². The number of aryl methyl sites for hydroxylation is 1. The number of ether oxygens (including phenoxy) is 1. The van der Waals surface area contributed by atoms with Gasteiger partial charge < -0.3 is 10.5 Å². The van der Waals surface area contributed by atoms with E-state index in [1.807, 2.05) is 13.0 Å². The number of ketones is 1. The number of nitrogens with two attached hydrogens (primary N) is 1. The van der Waals surface area contributed by atoms with E-state index < -0.39 is 0 Å². The van der Waals surface area contributed by atoms with E-state index in [4.69, 9.17) is 10.5 Å². The quantitative estimate of drug-likeness (QED) is 0.695. The lowest BCUT2D eigenvalue weighted by Crippen LogP contribution is -2.05. The number of anilines is 1. The van der Waals surface area contributed by atoms with Gasteiger partial charge in [0.05, 0.1) is 12.7 Å². The Morgan fingerprint density at radius 1 is 1.21 bits per heavy atom. The summed E-state index contributed by atoms with van der Waals surface area (Å²) in [6.45, 7) is 1.95. The van der Waals surface area contributed by atoms with Crippen molar-refractivity contribution >= 4 is 27.4 Å². The highest BCUT2D eigenvalue weighted by Crippen LogP contribution is 2.28. The van der Waals surface area contributed by atoms with Crippen molar-refractivity contribution in [3.8, 4) is 5.75 Å². The first-order chi connectivity index (χ1) is 9.02. The Bertz CT molecular complexity index is 621. The SMILES string of the molecule is COc1cc(C)c(Br)cc1C(=O)c1ccc(N)cc1. The van der Waals surface area contributed by atoms with Gasteiger partial charge in [-0.1, -0.05) is 15.9 Å². The van der Waals surface area contributed by atoms with Crippen molar-refractivity contribution in [2.45, 2.75) is 6.92 Å². The Morgan fingerprint density at radius 2 is 1.84 bits per heavy atom. The molecule has 2 rings (SSSR count). The van der Waals surface area contributed by atoms with Crippen LogP contribution in [0.1, 0.15) is 21.5 Å². The first-order valence-corrected chi connectivity index (χ1v) is 6.56. The van der Waals surface area contributed by atoms with Crippen LogP contribution in [0.25, 0.3) is 0 Å². The second kappa shape index (κ2) is 5.45. The van der Waals surface area contributed by atoms with Gasteiger partial charge in [0.2, 0.25) is 0 Å². The lowest BCUT2D eigenvalue weighted by atomic mass is 10.0. The Kier molecular flexibility index (Phi) is 3.90. The predicted molar refractivity (Wildman–Crippen MR) is 79.7 cm³/mol. The van der Waals surface area contributed by atoms with Gasteiger partial charge in [0, 0.05) is 15.7 Å². The topological polar surface area (TPSA) is 52.3 Å². The van der Waals surface area contributed by atoms with Gasteiger partial charge in [-0.25, -0.2) is 0 Å². The van der Waals surface area contributed by atoms with Gasteiger partial charge in [0.1, 0.15) is 5.75 Å². The third kappa shape index (κ3) is 2.79. The average molecular weight is 320 g/mol. The van der Waals surface area contributed by atoms with Crippen molar-refractivity contribution in [3.05, 3.63) is 57.6 Å². The molecule has 0 aromatic heterocycles. The molecule has 0 radical (unpaired) electrons. The first-order valence-electron chi connectivity index (χ1n) is 5.77. The molecule has 0 saturated carbocycles. The van der Waals surface area contributed by atoms with Crippen LogP contribution in [0.15, 0.2) is 40.9 Å². The molecular weight excluding hydrogens is 306 g/mol. The molecule has 0 atom stereocenters. The highest BCUT2D eigenvalue weighted by atomic mass is 79.9. The molecule has 19 heavy (non-hydrogen) atoms. The third-order valence-electron chi connectivity index (χ3n) is 2.90. The van der Waals surface area contributed by atoms with E-state index in [9.17, 15) is 4.79 Å². The van der Waals surface area contributed by atoms with Crippen LogP contribution in [0.3, 0.4) is 0 Å². The zero-order chi connectivity index (χ0) is 14.0. The predicted octanol–water partition coefficient (Wildman–Crippen LogP) is 3.58. The number of hydrogen-bond acceptors (Lipinski definition) is 3. The smallest absolute Gasteiger partial charge is 0.196 e. The zero-order valence-corrected chi connectivity index (χ0v) is 12.3. The Labute approximate surface area is 120 Å². The second-order valence-electron chi connectivity index (χ2n) is 4.25. The van der Waals surface area contributed by atoms with Crippen LogP contribution < -0.4 is 10.5 Å². The summed E-state index contributed by atoms with van der Waals surface area (Å²) in [5.41, 5.74) is 8.39. The number of rotatable bonds is 3. The zero-order valence-electron chi connectivity index (χ0n) is 10.7. The standard InChI is InChI=1S/C15H14BrNO2/c1-9-7-14(19-2)12(8-13(9)16)15(18)10-3-5-11(17)6-4-10/h3-8H,17H2,1-2H3. The van der Waals surface area contributed by atoms with E-state index in [1.54, 1.807) is 37.4 Å². The molecule has 0 unspecified atom stereocenters. The van der Waals surface area contributed by atoms with Crippen molar-refractivity contribution in [1.29, 1.82) is 0 Å². The molecule has 0 spiro atoms. The van der Waals surface area contributed by atoms with E-state index in [0.29, 0.717) is 22.6 Å². The van der Waals surface area contributed by atoms with Crippen molar-refractivity contribution in [3.63, 3.8) is 0 Å². The van der Waals surface area contributed by atoms with Crippen LogP contribution in [0.5, 0.6) is 5.75 Å². The summed E-state index contributed by atoms with van der Waals surface area (Å²) in [5, 5.41) is 0. The fraction of sp³-hybridized carbons (Fsp3) is 0.133.